The van der Waals surface area contributed by atoms with E-state index in [4.69, 9.17) is 5.26 Å². The van der Waals surface area contributed by atoms with Gasteiger partial charge in [-0.05, 0) is 11.5 Å². The first-order valence-electron chi connectivity index (χ1n) is 5.66. The predicted molar refractivity (Wildman–Crippen MR) is 71.1 cm³/mol. The lowest BCUT2D eigenvalue weighted by Crippen LogP contribution is -2.30. The molecule has 0 spiro atoms. The van der Waals surface area contributed by atoms with Gasteiger partial charge in [0.15, 0.2) is 0 Å². The van der Waals surface area contributed by atoms with E-state index in [0.29, 0.717) is 0 Å². The molecule has 0 unspecified atom stereocenters. The van der Waals surface area contributed by atoms with Gasteiger partial charge in [0.05, 0.1) is 12.6 Å². The zero-order valence-corrected chi connectivity index (χ0v) is 9.81. The van der Waals surface area contributed by atoms with Crippen molar-refractivity contribution in [3.05, 3.63) is 42.5 Å². The Morgan fingerprint density at radius 2 is 1.94 bits per heavy atom. The third-order valence-corrected chi connectivity index (χ3v) is 2.59. The number of carbonyl (C=O) groups is 1. The van der Waals surface area contributed by atoms with Crippen LogP contribution >= 0.6 is 0 Å². The van der Waals surface area contributed by atoms with Crippen molar-refractivity contribution < 1.29 is 4.79 Å². The van der Waals surface area contributed by atoms with Crippen LogP contribution in [0.1, 0.15) is 0 Å². The first kappa shape index (κ1) is 11.9. The van der Waals surface area contributed by atoms with E-state index in [-0.39, 0.29) is 19.0 Å². The minimum atomic E-state index is -0.190. The van der Waals surface area contributed by atoms with E-state index >= 15 is 0 Å². The minimum absolute atomic E-state index is 0.0377. The van der Waals surface area contributed by atoms with Crippen molar-refractivity contribution in [2.45, 2.75) is 0 Å². The van der Waals surface area contributed by atoms with Gasteiger partial charge in [-0.2, -0.15) is 5.26 Å². The topological polar surface area (TPSA) is 64.9 Å². The van der Waals surface area contributed by atoms with E-state index in [1.165, 1.54) is 0 Å². The van der Waals surface area contributed by atoms with Crippen molar-refractivity contribution in [2.24, 2.45) is 0 Å². The maximum atomic E-state index is 11.4. The van der Waals surface area contributed by atoms with Crippen LogP contribution in [0.15, 0.2) is 42.5 Å². The number of nitriles is 1. The van der Waals surface area contributed by atoms with Gasteiger partial charge in [0, 0.05) is 11.1 Å². The Kier molecular flexibility index (Phi) is 3.77. The number of rotatable bonds is 4. The van der Waals surface area contributed by atoms with Gasteiger partial charge in [-0.3, -0.25) is 4.79 Å². The second-order valence-corrected chi connectivity index (χ2v) is 3.82. The number of anilines is 1. The summed E-state index contributed by atoms with van der Waals surface area (Å²) in [6.07, 6.45) is 0. The predicted octanol–water partition coefficient (Wildman–Crippen LogP) is 1.89. The molecule has 0 heterocycles. The first-order chi connectivity index (χ1) is 8.81. The molecule has 90 valence electrons. The van der Waals surface area contributed by atoms with Gasteiger partial charge in [0.2, 0.25) is 5.91 Å². The summed E-state index contributed by atoms with van der Waals surface area (Å²) in [6, 6.07) is 15.7. The Hall–Kier alpha value is -2.54. The fourth-order valence-corrected chi connectivity index (χ4v) is 1.76. The molecular weight excluding hydrogens is 226 g/mol. The Bertz CT molecular complexity index is 596. The first-order valence-corrected chi connectivity index (χ1v) is 5.66. The third-order valence-electron chi connectivity index (χ3n) is 2.59. The molecule has 1 amide bonds. The molecule has 0 saturated heterocycles. The Labute approximate surface area is 105 Å². The van der Waals surface area contributed by atoms with Crippen molar-refractivity contribution in [1.29, 1.82) is 5.26 Å². The zero-order valence-electron chi connectivity index (χ0n) is 9.81. The monoisotopic (exact) mass is 239 g/mol. The molecule has 0 fully saturated rings. The number of carbonyl (C=O) groups excluding carboxylic acids is 1. The normalized spacial score (nSPS) is 9.72. The Balaban J connectivity index is 2.08. The average Bonchev–Trinajstić information content (AvgIpc) is 2.42. The van der Waals surface area contributed by atoms with Crippen LogP contribution in [0.3, 0.4) is 0 Å². The fourth-order valence-electron chi connectivity index (χ4n) is 1.76. The van der Waals surface area contributed by atoms with Crippen molar-refractivity contribution >= 4 is 22.4 Å². The lowest BCUT2D eigenvalue weighted by Gasteiger charge is -2.09. The zero-order chi connectivity index (χ0) is 12.8. The fraction of sp³-hybridized carbons (Fsp3) is 0.143. The highest BCUT2D eigenvalue weighted by Crippen LogP contribution is 2.22. The molecule has 4 heteroatoms. The van der Waals surface area contributed by atoms with Gasteiger partial charge >= 0.3 is 0 Å². The second-order valence-electron chi connectivity index (χ2n) is 3.82. The van der Waals surface area contributed by atoms with Gasteiger partial charge in [0.25, 0.3) is 0 Å². The number of amides is 1. The van der Waals surface area contributed by atoms with Crippen LogP contribution in [0, 0.1) is 11.3 Å². The van der Waals surface area contributed by atoms with Gasteiger partial charge in [-0.15, -0.1) is 0 Å². The molecule has 0 saturated carbocycles. The highest BCUT2D eigenvalue weighted by atomic mass is 16.1. The molecule has 18 heavy (non-hydrogen) atoms. The quantitative estimate of drug-likeness (QED) is 0.801. The summed E-state index contributed by atoms with van der Waals surface area (Å²) in [5.74, 6) is -0.190. The smallest absolute Gasteiger partial charge is 0.240 e. The van der Waals surface area contributed by atoms with E-state index in [1.807, 2.05) is 48.5 Å². The summed E-state index contributed by atoms with van der Waals surface area (Å²) in [6.45, 7) is 0.200. The molecule has 2 aromatic rings. The lowest BCUT2D eigenvalue weighted by atomic mass is 10.1. The molecule has 2 aromatic carbocycles. The van der Waals surface area contributed by atoms with Crippen LogP contribution in [0.4, 0.5) is 5.69 Å². The van der Waals surface area contributed by atoms with Crippen LogP contribution in [0.5, 0.6) is 0 Å². The van der Waals surface area contributed by atoms with Gasteiger partial charge in [-0.1, -0.05) is 36.4 Å². The molecule has 0 aliphatic carbocycles. The summed E-state index contributed by atoms with van der Waals surface area (Å²) in [5, 5.41) is 16.1. The molecule has 4 nitrogen and oxygen atoms in total. The SMILES string of the molecule is N#CCNC(=O)CNc1cccc2ccccc12. The van der Waals surface area contributed by atoms with Crippen molar-refractivity contribution in [2.75, 3.05) is 18.4 Å². The number of hydrogen-bond donors (Lipinski definition) is 2. The number of hydrogen-bond acceptors (Lipinski definition) is 3. The average molecular weight is 239 g/mol. The number of benzene rings is 2. The van der Waals surface area contributed by atoms with E-state index < -0.39 is 0 Å². The highest BCUT2D eigenvalue weighted by molar-refractivity contribution is 5.95. The molecule has 0 aliphatic heterocycles. The van der Waals surface area contributed by atoms with Gasteiger partial charge < -0.3 is 10.6 Å². The maximum Gasteiger partial charge on any atom is 0.240 e. The molecule has 0 aromatic heterocycles. The van der Waals surface area contributed by atoms with Crippen LogP contribution in [-0.4, -0.2) is 19.0 Å². The Morgan fingerprint density at radius 1 is 1.17 bits per heavy atom. The molecule has 0 aliphatic rings. The number of nitrogens with one attached hydrogen (secondary N) is 2. The molecule has 0 bridgehead atoms. The van der Waals surface area contributed by atoms with Crippen molar-refractivity contribution in [3.8, 4) is 6.07 Å². The molecule has 2 rings (SSSR count). The number of nitrogens with zero attached hydrogens (tertiary/aromatic N) is 1. The van der Waals surface area contributed by atoms with E-state index in [1.54, 1.807) is 0 Å². The summed E-state index contributed by atoms with van der Waals surface area (Å²) in [5.41, 5.74) is 0.917. The summed E-state index contributed by atoms with van der Waals surface area (Å²) < 4.78 is 0. The molecular formula is C14H13N3O. The summed E-state index contributed by atoms with van der Waals surface area (Å²) in [7, 11) is 0. The maximum absolute atomic E-state index is 11.4. The summed E-state index contributed by atoms with van der Waals surface area (Å²) in [4.78, 5) is 11.4. The van der Waals surface area contributed by atoms with E-state index in [2.05, 4.69) is 10.6 Å². The molecule has 0 radical (unpaired) electrons. The second kappa shape index (κ2) is 5.69. The van der Waals surface area contributed by atoms with Gasteiger partial charge in [0.1, 0.15) is 6.54 Å². The minimum Gasteiger partial charge on any atom is -0.376 e. The van der Waals surface area contributed by atoms with E-state index in [9.17, 15) is 4.79 Å². The lowest BCUT2D eigenvalue weighted by molar-refractivity contribution is -0.119. The summed E-state index contributed by atoms with van der Waals surface area (Å²) >= 11 is 0. The third kappa shape index (κ3) is 2.77. The largest absolute Gasteiger partial charge is 0.376 e. The van der Waals surface area contributed by atoms with Crippen LogP contribution in [0.25, 0.3) is 10.8 Å². The van der Waals surface area contributed by atoms with Crippen LogP contribution < -0.4 is 10.6 Å². The van der Waals surface area contributed by atoms with Crippen LogP contribution in [-0.2, 0) is 4.79 Å². The van der Waals surface area contributed by atoms with Gasteiger partial charge in [-0.25, -0.2) is 0 Å². The van der Waals surface area contributed by atoms with Crippen LogP contribution in [0.2, 0.25) is 0 Å². The molecule has 2 N–H and O–H groups in total. The molecule has 0 atom stereocenters. The standard InChI is InChI=1S/C14H13N3O/c15-8-9-16-14(18)10-17-13-7-3-5-11-4-1-2-6-12(11)13/h1-7,17H,9-10H2,(H,16,18). The van der Waals surface area contributed by atoms with Crippen molar-refractivity contribution in [3.63, 3.8) is 0 Å². The van der Waals surface area contributed by atoms with Crippen molar-refractivity contribution in [1.82, 2.24) is 5.32 Å². The Morgan fingerprint density at radius 3 is 2.78 bits per heavy atom. The highest BCUT2D eigenvalue weighted by Gasteiger charge is 2.02. The number of fused-ring (bicyclic) bond motifs is 1. The van der Waals surface area contributed by atoms with E-state index in [0.717, 1.165) is 16.5 Å².